The summed E-state index contributed by atoms with van der Waals surface area (Å²) in [6, 6.07) is 0. The minimum Gasteiger partial charge on any atom is -0.425 e. The van der Waals surface area contributed by atoms with Gasteiger partial charge in [-0.05, 0) is 53.8 Å². The van der Waals surface area contributed by atoms with E-state index in [4.69, 9.17) is 0 Å². The fourth-order valence-corrected chi connectivity index (χ4v) is 10.0. The van der Waals surface area contributed by atoms with Crippen LogP contribution in [0.25, 0.3) is 0 Å². The van der Waals surface area contributed by atoms with Crippen LogP contribution in [0.4, 0.5) is 0 Å². The van der Waals surface area contributed by atoms with Gasteiger partial charge < -0.3 is 11.5 Å². The number of allylic oxidation sites excluding steroid dienone is 2. The molecule has 33 heavy (non-hydrogen) atoms. The number of aliphatic hydroxyl groups excluding tert-OH is 1. The molecule has 5 aliphatic carbocycles. The van der Waals surface area contributed by atoms with Crippen molar-refractivity contribution in [1.82, 2.24) is 0 Å². The van der Waals surface area contributed by atoms with Gasteiger partial charge in [-0.1, -0.05) is 96.8 Å². The number of hydrogen-bond donors (Lipinski definition) is 1. The largest absolute Gasteiger partial charge is 0.425 e. The van der Waals surface area contributed by atoms with E-state index in [0.29, 0.717) is 33.0 Å². The third-order valence-electron chi connectivity index (χ3n) is 12.5. The summed E-state index contributed by atoms with van der Waals surface area (Å²) in [5.74, 6) is 3.51. The first-order valence-corrected chi connectivity index (χ1v) is 13.5. The van der Waals surface area contributed by atoms with Crippen molar-refractivity contribution in [3.8, 4) is 0 Å². The molecule has 0 heterocycles. The zero-order valence-corrected chi connectivity index (χ0v) is 26.7. The van der Waals surface area contributed by atoms with Gasteiger partial charge in [0, 0.05) is 39.6 Å². The summed E-state index contributed by atoms with van der Waals surface area (Å²) in [5, 5.41) is 10.6. The molecule has 0 aromatic carbocycles. The Morgan fingerprint density at radius 2 is 1.76 bits per heavy atom. The molecule has 187 valence electrons. The SMILES string of the molecule is CC[C@@]12[CH-]C[C@]3(C)C(=CCC4C5(C)CC[C@H](O)[C-](C)[C@@H]5CC[C@@]43C)C1CC(C)(C)CC2.[V].[W]. The predicted octanol–water partition coefficient (Wildman–Crippen LogP) is 7.94. The minimum atomic E-state index is -0.162. The fourth-order valence-electron chi connectivity index (χ4n) is 10.0. The van der Waals surface area contributed by atoms with Crippen molar-refractivity contribution >= 4 is 0 Å². The second kappa shape index (κ2) is 9.07. The summed E-state index contributed by atoms with van der Waals surface area (Å²) in [4.78, 5) is 0. The van der Waals surface area contributed by atoms with Crippen LogP contribution in [0.1, 0.15) is 113 Å². The molecular weight excluding hydrogens is 611 g/mol. The van der Waals surface area contributed by atoms with Crippen LogP contribution >= 0.6 is 0 Å². The van der Waals surface area contributed by atoms with Gasteiger partial charge in [0.05, 0.1) is 0 Å². The Bertz CT molecular complexity index is 777. The van der Waals surface area contributed by atoms with Crippen LogP contribution < -0.4 is 0 Å². The first-order valence-electron chi connectivity index (χ1n) is 13.5. The van der Waals surface area contributed by atoms with Crippen molar-refractivity contribution in [2.24, 2.45) is 44.8 Å². The van der Waals surface area contributed by atoms with E-state index in [9.17, 15) is 5.11 Å². The first-order chi connectivity index (χ1) is 14.4. The summed E-state index contributed by atoms with van der Waals surface area (Å²) in [6.07, 6.45) is 18.3. The average molecular weight is 659 g/mol. The van der Waals surface area contributed by atoms with E-state index in [0.717, 1.165) is 18.3 Å². The predicted molar refractivity (Wildman–Crippen MR) is 130 cm³/mol. The molecule has 0 aromatic rings. The zero-order chi connectivity index (χ0) is 22.4. The van der Waals surface area contributed by atoms with Crippen molar-refractivity contribution in [1.29, 1.82) is 0 Å². The Kier molecular flexibility index (Phi) is 7.84. The Hall–Kier alpha value is 0.973. The number of fused-ring (bicyclic) bond motifs is 7. The molecule has 8 atom stereocenters. The summed E-state index contributed by atoms with van der Waals surface area (Å²) < 4.78 is 0. The molecule has 0 bridgehead atoms. The Balaban J connectivity index is 0.00000153. The monoisotopic (exact) mass is 659 g/mol. The van der Waals surface area contributed by atoms with Gasteiger partial charge >= 0.3 is 0 Å². The molecular formula is C30H48OVW-2. The van der Waals surface area contributed by atoms with E-state index in [-0.39, 0.29) is 45.7 Å². The van der Waals surface area contributed by atoms with Crippen molar-refractivity contribution in [2.45, 2.75) is 119 Å². The van der Waals surface area contributed by atoms with Gasteiger partial charge in [0.25, 0.3) is 0 Å². The van der Waals surface area contributed by atoms with Crippen molar-refractivity contribution in [2.75, 3.05) is 0 Å². The third-order valence-corrected chi connectivity index (χ3v) is 12.5. The van der Waals surface area contributed by atoms with E-state index in [1.807, 2.05) is 5.57 Å². The summed E-state index contributed by atoms with van der Waals surface area (Å²) in [6.45, 7) is 17.7. The van der Waals surface area contributed by atoms with Gasteiger partial charge in [-0.2, -0.15) is 19.3 Å². The Morgan fingerprint density at radius 1 is 1.06 bits per heavy atom. The summed E-state index contributed by atoms with van der Waals surface area (Å²) in [7, 11) is 0. The van der Waals surface area contributed by atoms with Gasteiger partial charge in [0.1, 0.15) is 0 Å². The molecule has 5 aliphatic rings. The fraction of sp³-hybridized carbons (Fsp3) is 0.867. The van der Waals surface area contributed by atoms with Crippen LogP contribution in [0.5, 0.6) is 0 Å². The van der Waals surface area contributed by atoms with E-state index < -0.39 is 0 Å². The maximum Gasteiger partial charge on any atom is 0 e. The minimum absolute atomic E-state index is 0. The first kappa shape index (κ1) is 28.5. The molecule has 4 saturated carbocycles. The smallest absolute Gasteiger partial charge is 0 e. The molecule has 3 unspecified atom stereocenters. The molecule has 0 amide bonds. The molecule has 0 spiro atoms. The standard InChI is InChI=1S/C30H48O.V.W/c1-8-30-17-15-26(3,4)19-23(30)22-9-10-25-27(5)13-12-24(31)20(2)21(27)11-14-29(25,7)28(22,6)16-18-30;;/h9,18,21,23-25,31H,8,10-17,19H2,1-7H3;;/q-2;;/t21-,23?,24-,25?,27?,28+,29-,30+;;/m0../s1. The van der Waals surface area contributed by atoms with Crippen LogP contribution in [-0.4, -0.2) is 11.2 Å². The Morgan fingerprint density at radius 3 is 2.42 bits per heavy atom. The van der Waals surface area contributed by atoms with Gasteiger partial charge in [-0.25, -0.2) is 0 Å². The van der Waals surface area contributed by atoms with Gasteiger partial charge in [-0.15, -0.1) is 5.41 Å². The van der Waals surface area contributed by atoms with E-state index in [1.165, 1.54) is 63.7 Å². The Labute approximate surface area is 231 Å². The van der Waals surface area contributed by atoms with Crippen LogP contribution in [0.3, 0.4) is 0 Å². The maximum atomic E-state index is 10.6. The van der Waals surface area contributed by atoms with Gasteiger partial charge in [-0.3, -0.25) is 5.92 Å². The molecule has 3 heteroatoms. The molecule has 1 nitrogen and oxygen atoms in total. The van der Waals surface area contributed by atoms with Crippen LogP contribution in [0, 0.1) is 57.2 Å². The topological polar surface area (TPSA) is 20.2 Å². The normalized spacial score (nSPS) is 50.8. The molecule has 5 rings (SSSR count). The number of hydrogen-bond acceptors (Lipinski definition) is 1. The summed E-state index contributed by atoms with van der Waals surface area (Å²) >= 11 is 0. The quantitative estimate of drug-likeness (QED) is 0.224. The maximum absolute atomic E-state index is 10.6. The zero-order valence-electron chi connectivity index (χ0n) is 22.3. The van der Waals surface area contributed by atoms with Gasteiger partial charge in [0.15, 0.2) is 0 Å². The average Bonchev–Trinajstić information content (AvgIpc) is 2.71. The van der Waals surface area contributed by atoms with Crippen molar-refractivity contribution in [3.63, 3.8) is 0 Å². The molecule has 1 N–H and O–H groups in total. The van der Waals surface area contributed by atoms with Crippen molar-refractivity contribution in [3.05, 3.63) is 24.0 Å². The molecule has 0 saturated heterocycles. The molecule has 0 aliphatic heterocycles. The number of rotatable bonds is 1. The van der Waals surface area contributed by atoms with Crippen LogP contribution in [0.2, 0.25) is 0 Å². The third kappa shape index (κ3) is 3.82. The van der Waals surface area contributed by atoms with E-state index in [1.54, 1.807) is 0 Å². The second-order valence-corrected chi connectivity index (χ2v) is 14.0. The van der Waals surface area contributed by atoms with E-state index >= 15 is 0 Å². The summed E-state index contributed by atoms with van der Waals surface area (Å²) in [5.41, 5.74) is 3.83. The van der Waals surface area contributed by atoms with Crippen LogP contribution in [-0.2, 0) is 39.6 Å². The van der Waals surface area contributed by atoms with Gasteiger partial charge in [0.2, 0.25) is 0 Å². The van der Waals surface area contributed by atoms with Crippen molar-refractivity contribution < 1.29 is 44.7 Å². The van der Waals surface area contributed by atoms with E-state index in [2.05, 4.69) is 61.0 Å². The number of aliphatic hydroxyl groups is 1. The molecule has 4 fully saturated rings. The second-order valence-electron chi connectivity index (χ2n) is 14.0. The van der Waals surface area contributed by atoms with Crippen LogP contribution in [0.15, 0.2) is 11.6 Å². The molecule has 1 radical (unpaired) electrons. The molecule has 0 aromatic heterocycles.